The van der Waals surface area contributed by atoms with E-state index in [1.807, 2.05) is 0 Å². The lowest BCUT2D eigenvalue weighted by molar-refractivity contribution is -0.122. The van der Waals surface area contributed by atoms with Gasteiger partial charge >= 0.3 is 0 Å². The minimum atomic E-state index is -2.71. The first kappa shape index (κ1) is 15.0. The zero-order valence-electron chi connectivity index (χ0n) is 11.2. The molecule has 0 saturated heterocycles. The van der Waals surface area contributed by atoms with E-state index in [-0.39, 0.29) is 5.69 Å². The van der Waals surface area contributed by atoms with Gasteiger partial charge in [-0.1, -0.05) is 0 Å². The van der Waals surface area contributed by atoms with Gasteiger partial charge in [0.15, 0.2) is 0 Å². The van der Waals surface area contributed by atoms with Crippen LogP contribution in [0, 0.1) is 5.82 Å². The number of amides is 1. The molecule has 21 heavy (non-hydrogen) atoms. The van der Waals surface area contributed by atoms with Crippen LogP contribution in [0.1, 0.15) is 13.0 Å². The number of rotatable bonds is 5. The maximum atomic E-state index is 12.9. The van der Waals surface area contributed by atoms with Gasteiger partial charge in [-0.2, -0.15) is 5.10 Å². The highest BCUT2D eigenvalue weighted by Crippen LogP contribution is 2.20. The minimum absolute atomic E-state index is 0.202. The normalized spacial score (nSPS) is 12.4. The second kappa shape index (κ2) is 6.38. The molecular formula is C13H13F3N4O. The van der Waals surface area contributed by atoms with Crippen molar-refractivity contribution < 1.29 is 18.0 Å². The Kier molecular flexibility index (Phi) is 4.56. The molecule has 0 aliphatic heterocycles. The fraction of sp³-hybridized carbons (Fsp3) is 0.308. The van der Waals surface area contributed by atoms with Crippen LogP contribution in [0.4, 0.5) is 18.9 Å². The molecule has 0 aliphatic carbocycles. The Bertz CT molecular complexity index is 586. The van der Waals surface area contributed by atoms with Gasteiger partial charge in [0, 0.05) is 5.69 Å². The Balaban J connectivity index is 2.27. The van der Waals surface area contributed by atoms with Crippen molar-refractivity contribution in [1.82, 2.24) is 14.8 Å². The number of hydrogen-bond donors (Lipinski definition) is 0. The molecule has 0 N–H and O–H groups in total. The molecule has 0 spiro atoms. The van der Waals surface area contributed by atoms with Gasteiger partial charge < -0.3 is 4.90 Å². The van der Waals surface area contributed by atoms with E-state index >= 15 is 0 Å². The molecule has 1 amide bonds. The maximum Gasteiger partial charge on any atom is 0.256 e. The zero-order valence-corrected chi connectivity index (χ0v) is 11.2. The third-order valence-electron chi connectivity index (χ3n) is 2.92. The van der Waals surface area contributed by atoms with Crippen molar-refractivity contribution in [2.45, 2.75) is 19.4 Å². The summed E-state index contributed by atoms with van der Waals surface area (Å²) in [6.07, 6.45) is -0.130. The highest BCUT2D eigenvalue weighted by atomic mass is 19.3. The van der Waals surface area contributed by atoms with E-state index in [1.165, 1.54) is 36.4 Å². The van der Waals surface area contributed by atoms with Gasteiger partial charge in [0.05, 0.1) is 6.54 Å². The highest BCUT2D eigenvalue weighted by Gasteiger charge is 2.26. The summed E-state index contributed by atoms with van der Waals surface area (Å²) in [7, 11) is 0. The Morgan fingerprint density at radius 1 is 1.33 bits per heavy atom. The second-order valence-corrected chi connectivity index (χ2v) is 4.37. The largest absolute Gasteiger partial charge is 0.305 e. The average molecular weight is 298 g/mol. The number of anilines is 1. The van der Waals surface area contributed by atoms with Crippen molar-refractivity contribution in [3.05, 3.63) is 42.7 Å². The summed E-state index contributed by atoms with van der Waals surface area (Å²) in [5.74, 6) is -1.08. The van der Waals surface area contributed by atoms with Gasteiger partial charge in [-0.25, -0.2) is 22.8 Å². The summed E-state index contributed by atoms with van der Waals surface area (Å²) < 4.78 is 39.6. The number of benzene rings is 1. The fourth-order valence-corrected chi connectivity index (χ4v) is 1.84. The summed E-state index contributed by atoms with van der Waals surface area (Å²) in [6, 6.07) is 3.99. The van der Waals surface area contributed by atoms with Gasteiger partial charge in [0.2, 0.25) is 0 Å². The standard InChI is InChI=1S/C13H13F3N4O/c1-9(20-8-17-7-18-20)13(21)19(6-12(15)16)11-4-2-10(14)3-5-11/h2-5,7-9,12H,6H2,1H3/t9-/m1/s1. The predicted molar refractivity (Wildman–Crippen MR) is 69.5 cm³/mol. The van der Waals surface area contributed by atoms with E-state index in [9.17, 15) is 18.0 Å². The minimum Gasteiger partial charge on any atom is -0.305 e. The predicted octanol–water partition coefficient (Wildman–Crippen LogP) is 2.28. The van der Waals surface area contributed by atoms with Crippen molar-refractivity contribution in [3.8, 4) is 0 Å². The summed E-state index contributed by atoms with van der Waals surface area (Å²) >= 11 is 0. The number of carbonyl (C=O) groups excluding carboxylic acids is 1. The number of nitrogens with zero attached hydrogens (tertiary/aromatic N) is 4. The van der Waals surface area contributed by atoms with Gasteiger partial charge in [-0.05, 0) is 31.2 Å². The van der Waals surface area contributed by atoms with Crippen LogP contribution in [0.2, 0.25) is 0 Å². The summed E-state index contributed by atoms with van der Waals surface area (Å²) in [5.41, 5.74) is 0.202. The Morgan fingerprint density at radius 2 is 2.00 bits per heavy atom. The third kappa shape index (κ3) is 3.59. The van der Waals surface area contributed by atoms with Crippen LogP contribution in [-0.2, 0) is 4.79 Å². The summed E-state index contributed by atoms with van der Waals surface area (Å²) in [5, 5.41) is 3.82. The smallest absolute Gasteiger partial charge is 0.256 e. The van der Waals surface area contributed by atoms with Gasteiger partial charge in [-0.3, -0.25) is 4.79 Å². The highest BCUT2D eigenvalue weighted by molar-refractivity contribution is 5.95. The quantitative estimate of drug-likeness (QED) is 0.851. The molecule has 0 saturated carbocycles. The lowest BCUT2D eigenvalue weighted by Gasteiger charge is -2.25. The van der Waals surface area contributed by atoms with E-state index in [1.54, 1.807) is 0 Å². The fourth-order valence-electron chi connectivity index (χ4n) is 1.84. The molecule has 0 bridgehead atoms. The number of halogens is 3. The van der Waals surface area contributed by atoms with Crippen molar-refractivity contribution in [2.24, 2.45) is 0 Å². The summed E-state index contributed by atoms with van der Waals surface area (Å²) in [4.78, 5) is 17.0. The molecular weight excluding hydrogens is 285 g/mol. The van der Waals surface area contributed by atoms with E-state index in [0.29, 0.717) is 0 Å². The molecule has 2 rings (SSSR count). The average Bonchev–Trinajstić information content (AvgIpc) is 2.98. The van der Waals surface area contributed by atoms with Gasteiger partial charge in [0.25, 0.3) is 12.3 Å². The molecule has 5 nitrogen and oxygen atoms in total. The van der Waals surface area contributed by atoms with Crippen LogP contribution in [0.15, 0.2) is 36.9 Å². The van der Waals surface area contributed by atoms with E-state index in [2.05, 4.69) is 10.1 Å². The molecule has 2 aromatic rings. The molecule has 0 radical (unpaired) electrons. The lowest BCUT2D eigenvalue weighted by atomic mass is 10.2. The first-order valence-electron chi connectivity index (χ1n) is 6.18. The zero-order chi connectivity index (χ0) is 15.4. The maximum absolute atomic E-state index is 12.9. The molecule has 0 unspecified atom stereocenters. The summed E-state index contributed by atoms with van der Waals surface area (Å²) in [6.45, 7) is 0.752. The Morgan fingerprint density at radius 3 is 2.52 bits per heavy atom. The SMILES string of the molecule is C[C@H](C(=O)N(CC(F)F)c1ccc(F)cc1)n1cncn1. The van der Waals surface area contributed by atoms with Crippen LogP contribution in [0.5, 0.6) is 0 Å². The molecule has 8 heteroatoms. The number of carbonyl (C=O) groups is 1. The van der Waals surface area contributed by atoms with Crippen LogP contribution < -0.4 is 4.90 Å². The van der Waals surface area contributed by atoms with Crippen LogP contribution >= 0.6 is 0 Å². The van der Waals surface area contributed by atoms with Crippen LogP contribution in [0.3, 0.4) is 0 Å². The number of hydrogen-bond acceptors (Lipinski definition) is 3. The Hall–Kier alpha value is -2.38. The third-order valence-corrected chi connectivity index (χ3v) is 2.92. The van der Waals surface area contributed by atoms with E-state index in [0.717, 1.165) is 17.0 Å². The number of alkyl halides is 2. The van der Waals surface area contributed by atoms with Crippen molar-refractivity contribution in [3.63, 3.8) is 0 Å². The van der Waals surface area contributed by atoms with E-state index in [4.69, 9.17) is 0 Å². The molecule has 1 heterocycles. The number of aromatic nitrogens is 3. The lowest BCUT2D eigenvalue weighted by Crippen LogP contribution is -2.39. The molecule has 112 valence electrons. The monoisotopic (exact) mass is 298 g/mol. The van der Waals surface area contributed by atoms with Crippen LogP contribution in [-0.4, -0.2) is 33.6 Å². The molecule has 1 atom stereocenters. The van der Waals surface area contributed by atoms with Crippen molar-refractivity contribution >= 4 is 11.6 Å². The molecule has 1 aromatic heterocycles. The molecule has 1 aromatic carbocycles. The van der Waals surface area contributed by atoms with Gasteiger partial charge in [0.1, 0.15) is 24.5 Å². The molecule has 0 fully saturated rings. The van der Waals surface area contributed by atoms with Crippen LogP contribution in [0.25, 0.3) is 0 Å². The van der Waals surface area contributed by atoms with Gasteiger partial charge in [-0.15, -0.1) is 0 Å². The van der Waals surface area contributed by atoms with Crippen molar-refractivity contribution in [2.75, 3.05) is 11.4 Å². The Labute approximate surface area is 119 Å². The first-order valence-corrected chi connectivity index (χ1v) is 6.18. The van der Waals surface area contributed by atoms with E-state index < -0.39 is 30.7 Å². The topological polar surface area (TPSA) is 51.0 Å². The molecule has 0 aliphatic rings. The second-order valence-electron chi connectivity index (χ2n) is 4.37. The first-order chi connectivity index (χ1) is 9.99. The van der Waals surface area contributed by atoms with Crippen molar-refractivity contribution in [1.29, 1.82) is 0 Å².